The molecule has 0 atom stereocenters. The Bertz CT molecular complexity index is 596. The molecule has 1 aromatic rings. The normalized spacial score (nSPS) is 12.5. The fraction of sp³-hybridized carbons (Fsp3) is 0.167. The zero-order valence-electron chi connectivity index (χ0n) is 7.51. The number of ether oxygens (including phenoxy) is 1. The highest BCUT2D eigenvalue weighted by Crippen LogP contribution is 2.33. The molecule has 0 radical (unpaired) electrons. The number of aromatic nitrogens is 1. The molecular formula is C6H2BrClF3NO4S. The van der Waals surface area contributed by atoms with E-state index in [2.05, 4.69) is 20.7 Å². The maximum Gasteiger partial charge on any atom is 0.573 e. The Morgan fingerprint density at radius 1 is 1.41 bits per heavy atom. The van der Waals surface area contributed by atoms with Crippen LogP contribution < -0.4 is 10.3 Å². The van der Waals surface area contributed by atoms with Crippen LogP contribution in [0.4, 0.5) is 13.2 Å². The van der Waals surface area contributed by atoms with Crippen molar-refractivity contribution in [3.8, 4) is 5.75 Å². The first kappa shape index (κ1) is 14.3. The average molecular weight is 357 g/mol. The number of halogens is 5. The number of rotatable bonds is 2. The van der Waals surface area contributed by atoms with Gasteiger partial charge in [-0.25, -0.2) is 8.42 Å². The van der Waals surface area contributed by atoms with Gasteiger partial charge in [0.1, 0.15) is 0 Å². The number of hydrogen-bond acceptors (Lipinski definition) is 4. The largest absolute Gasteiger partial charge is 0.573 e. The van der Waals surface area contributed by atoms with Crippen molar-refractivity contribution in [2.45, 2.75) is 11.3 Å². The molecule has 0 fully saturated rings. The number of H-pyrrole nitrogens is 1. The lowest BCUT2D eigenvalue weighted by Crippen LogP contribution is -2.21. The van der Waals surface area contributed by atoms with Gasteiger partial charge in [-0.05, 0) is 15.9 Å². The maximum absolute atomic E-state index is 11.9. The molecule has 0 aromatic carbocycles. The van der Waals surface area contributed by atoms with E-state index in [9.17, 15) is 26.4 Å². The van der Waals surface area contributed by atoms with E-state index in [0.29, 0.717) is 6.20 Å². The Morgan fingerprint density at radius 2 is 1.94 bits per heavy atom. The van der Waals surface area contributed by atoms with Crippen molar-refractivity contribution in [1.82, 2.24) is 4.98 Å². The second kappa shape index (κ2) is 4.50. The van der Waals surface area contributed by atoms with Gasteiger partial charge in [-0.15, -0.1) is 13.2 Å². The number of pyridine rings is 1. The second-order valence-electron chi connectivity index (χ2n) is 2.61. The molecule has 0 bridgehead atoms. The molecule has 0 amide bonds. The minimum absolute atomic E-state index is 0.561. The molecule has 0 aliphatic heterocycles. The Balaban J connectivity index is 3.46. The van der Waals surface area contributed by atoms with Gasteiger partial charge in [-0.2, -0.15) is 0 Å². The highest BCUT2D eigenvalue weighted by molar-refractivity contribution is 9.10. The Kier molecular flexibility index (Phi) is 3.79. The molecule has 5 nitrogen and oxygen atoms in total. The minimum Gasteiger partial charge on any atom is -0.403 e. The SMILES string of the molecule is O=c1[nH]cc(OC(F)(F)F)c(Br)c1S(=O)(=O)Cl. The molecule has 96 valence electrons. The summed E-state index contributed by atoms with van der Waals surface area (Å²) in [5.74, 6) is -0.920. The minimum atomic E-state index is -5.03. The molecule has 1 N–H and O–H groups in total. The standard InChI is InChI=1S/C6H2BrClF3NO4S/c7-3-2(16-6(9,10)11)1-12-5(13)4(3)17(8,14)15/h1H,(H,12,13). The van der Waals surface area contributed by atoms with Gasteiger partial charge in [0, 0.05) is 16.9 Å². The van der Waals surface area contributed by atoms with E-state index in [0.717, 1.165) is 0 Å². The zero-order chi connectivity index (χ0) is 13.4. The van der Waals surface area contributed by atoms with Crippen molar-refractivity contribution >= 4 is 35.7 Å². The first-order chi connectivity index (χ1) is 7.52. The molecule has 0 aliphatic rings. The topological polar surface area (TPSA) is 76.2 Å². The summed E-state index contributed by atoms with van der Waals surface area (Å²) in [5, 5.41) is 0. The van der Waals surface area contributed by atoms with Gasteiger partial charge < -0.3 is 9.72 Å². The highest BCUT2D eigenvalue weighted by atomic mass is 79.9. The van der Waals surface area contributed by atoms with Crippen molar-refractivity contribution in [3.05, 3.63) is 21.0 Å². The number of hydrogen-bond donors (Lipinski definition) is 1. The molecule has 17 heavy (non-hydrogen) atoms. The van der Waals surface area contributed by atoms with Gasteiger partial charge >= 0.3 is 6.36 Å². The second-order valence-corrected chi connectivity index (χ2v) is 5.91. The van der Waals surface area contributed by atoms with Crippen molar-refractivity contribution in [2.75, 3.05) is 0 Å². The van der Waals surface area contributed by atoms with E-state index < -0.39 is 36.1 Å². The molecule has 0 spiro atoms. The number of alkyl halides is 3. The fourth-order valence-electron chi connectivity index (χ4n) is 0.888. The van der Waals surface area contributed by atoms with E-state index in [1.807, 2.05) is 0 Å². The number of aromatic amines is 1. The molecule has 0 unspecified atom stereocenters. The van der Waals surface area contributed by atoms with E-state index in [4.69, 9.17) is 10.7 Å². The van der Waals surface area contributed by atoms with Crippen LogP contribution in [-0.4, -0.2) is 19.8 Å². The smallest absolute Gasteiger partial charge is 0.403 e. The molecule has 0 aliphatic carbocycles. The maximum atomic E-state index is 11.9. The lowest BCUT2D eigenvalue weighted by molar-refractivity contribution is -0.275. The predicted octanol–water partition coefficient (Wildman–Crippen LogP) is 1.96. The summed E-state index contributed by atoms with van der Waals surface area (Å²) in [6.45, 7) is 0. The third-order valence-corrected chi connectivity index (χ3v) is 3.82. The van der Waals surface area contributed by atoms with Crippen molar-refractivity contribution < 1.29 is 26.3 Å². The molecule has 1 rings (SSSR count). The van der Waals surface area contributed by atoms with E-state index in [-0.39, 0.29) is 0 Å². The first-order valence-corrected chi connectivity index (χ1v) is 6.74. The zero-order valence-corrected chi connectivity index (χ0v) is 10.7. The van der Waals surface area contributed by atoms with Crippen LogP contribution in [0.3, 0.4) is 0 Å². The molecule has 1 heterocycles. The summed E-state index contributed by atoms with van der Waals surface area (Å²) in [7, 11) is 0.390. The van der Waals surface area contributed by atoms with Crippen molar-refractivity contribution in [3.63, 3.8) is 0 Å². The van der Waals surface area contributed by atoms with Crippen LogP contribution >= 0.6 is 26.6 Å². The van der Waals surface area contributed by atoms with Gasteiger partial charge in [0.25, 0.3) is 14.6 Å². The fourth-order valence-corrected chi connectivity index (χ4v) is 3.22. The molecule has 0 saturated heterocycles. The summed E-state index contributed by atoms with van der Waals surface area (Å²) in [4.78, 5) is 11.8. The number of nitrogens with one attached hydrogen (secondary N) is 1. The highest BCUT2D eigenvalue weighted by Gasteiger charge is 2.34. The lowest BCUT2D eigenvalue weighted by Gasteiger charge is -2.11. The predicted molar refractivity (Wildman–Crippen MR) is 54.5 cm³/mol. The Hall–Kier alpha value is -0.740. The van der Waals surface area contributed by atoms with E-state index >= 15 is 0 Å². The van der Waals surface area contributed by atoms with Crippen LogP contribution in [0.1, 0.15) is 0 Å². The van der Waals surface area contributed by atoms with E-state index in [1.54, 1.807) is 4.98 Å². The van der Waals surface area contributed by atoms with Gasteiger partial charge in [0.05, 0.1) is 4.47 Å². The van der Waals surface area contributed by atoms with Crippen LogP contribution in [0.15, 0.2) is 20.4 Å². The van der Waals surface area contributed by atoms with Gasteiger partial charge in [-0.3, -0.25) is 4.79 Å². The molecule has 1 aromatic heterocycles. The summed E-state index contributed by atoms with van der Waals surface area (Å²) in [5.41, 5.74) is -1.17. The summed E-state index contributed by atoms with van der Waals surface area (Å²) in [6, 6.07) is 0. The third kappa shape index (κ3) is 3.61. The quantitative estimate of drug-likeness (QED) is 0.822. The van der Waals surface area contributed by atoms with Crippen LogP contribution in [0, 0.1) is 0 Å². The lowest BCUT2D eigenvalue weighted by atomic mass is 10.4. The van der Waals surface area contributed by atoms with Crippen LogP contribution in [0.25, 0.3) is 0 Å². The summed E-state index contributed by atoms with van der Waals surface area (Å²) in [6.07, 6.45) is -4.47. The van der Waals surface area contributed by atoms with Crippen molar-refractivity contribution in [1.29, 1.82) is 0 Å². The van der Waals surface area contributed by atoms with Crippen molar-refractivity contribution in [2.24, 2.45) is 0 Å². The molecule has 11 heteroatoms. The monoisotopic (exact) mass is 355 g/mol. The van der Waals surface area contributed by atoms with Gasteiger partial charge in [0.15, 0.2) is 10.6 Å². The Morgan fingerprint density at radius 3 is 2.35 bits per heavy atom. The van der Waals surface area contributed by atoms with Crippen LogP contribution in [-0.2, 0) is 9.05 Å². The van der Waals surface area contributed by atoms with Gasteiger partial charge in [0.2, 0.25) is 0 Å². The molecular weight excluding hydrogens is 354 g/mol. The summed E-state index contributed by atoms with van der Waals surface area (Å²) < 4.78 is 60.5. The van der Waals surface area contributed by atoms with E-state index in [1.165, 1.54) is 0 Å². The van der Waals surface area contributed by atoms with Gasteiger partial charge in [-0.1, -0.05) is 0 Å². The summed E-state index contributed by atoms with van der Waals surface area (Å²) >= 11 is 2.51. The Labute approximate surface area is 105 Å². The average Bonchev–Trinajstić information content (AvgIpc) is 2.06. The first-order valence-electron chi connectivity index (χ1n) is 3.64. The van der Waals surface area contributed by atoms with Crippen LogP contribution in [0.5, 0.6) is 5.75 Å². The molecule has 0 saturated carbocycles. The van der Waals surface area contributed by atoms with Crippen LogP contribution in [0.2, 0.25) is 0 Å². The third-order valence-electron chi connectivity index (χ3n) is 1.43.